The van der Waals surface area contributed by atoms with E-state index in [9.17, 15) is 0 Å². The number of benzene rings is 2. The monoisotopic (exact) mass is 241 g/mol. The van der Waals surface area contributed by atoms with E-state index in [0.29, 0.717) is 5.92 Å². The number of nitriles is 1. The normalized spacial score (nSPS) is 10.7. The van der Waals surface area contributed by atoms with Crippen LogP contribution in [0.25, 0.3) is 10.8 Å². The van der Waals surface area contributed by atoms with E-state index in [2.05, 4.69) is 32.0 Å². The van der Waals surface area contributed by atoms with Gasteiger partial charge < -0.3 is 0 Å². The summed E-state index contributed by atoms with van der Waals surface area (Å²) in [6, 6.07) is 14.4. The highest BCUT2D eigenvalue weighted by Gasteiger charge is 2.06. The van der Waals surface area contributed by atoms with E-state index >= 15 is 0 Å². The number of hydrogen-bond acceptors (Lipinski definition) is 2. The maximum atomic E-state index is 9.09. The Balaban J connectivity index is 2.48. The molecule has 0 bridgehead atoms. The molecule has 0 spiro atoms. The van der Waals surface area contributed by atoms with Gasteiger partial charge in [0.15, 0.2) is 0 Å². The van der Waals surface area contributed by atoms with Gasteiger partial charge in [0.1, 0.15) is 0 Å². The lowest BCUT2D eigenvalue weighted by Gasteiger charge is -2.09. The van der Waals surface area contributed by atoms with Crippen LogP contribution >= 0.6 is 11.8 Å². The van der Waals surface area contributed by atoms with E-state index in [-0.39, 0.29) is 0 Å². The second-order valence-electron chi connectivity index (χ2n) is 4.47. The van der Waals surface area contributed by atoms with Crippen LogP contribution in [0.5, 0.6) is 0 Å². The Bertz CT molecular complexity index is 567. The molecule has 0 aliphatic heterocycles. The summed E-state index contributed by atoms with van der Waals surface area (Å²) >= 11 is 1.87. The summed E-state index contributed by atoms with van der Waals surface area (Å²) in [7, 11) is 0. The lowest BCUT2D eigenvalue weighted by Crippen LogP contribution is -1.91. The highest BCUT2D eigenvalue weighted by atomic mass is 32.2. The van der Waals surface area contributed by atoms with Gasteiger partial charge in [0, 0.05) is 16.0 Å². The summed E-state index contributed by atoms with van der Waals surface area (Å²) in [5.41, 5.74) is 0.759. The third kappa shape index (κ3) is 2.62. The minimum absolute atomic E-state index is 0.675. The number of hydrogen-bond donors (Lipinski definition) is 0. The Morgan fingerprint density at radius 1 is 1.12 bits per heavy atom. The van der Waals surface area contributed by atoms with E-state index in [1.54, 1.807) is 0 Å². The molecule has 0 saturated carbocycles. The molecule has 86 valence electrons. The van der Waals surface area contributed by atoms with Crippen LogP contribution in [0.15, 0.2) is 41.3 Å². The molecule has 2 rings (SSSR count). The molecule has 0 heterocycles. The first-order chi connectivity index (χ1) is 8.22. The van der Waals surface area contributed by atoms with Crippen LogP contribution < -0.4 is 0 Å². The Morgan fingerprint density at radius 2 is 1.82 bits per heavy atom. The highest BCUT2D eigenvalue weighted by Crippen LogP contribution is 2.30. The standard InChI is InChI=1S/C15H15NS/c1-11(2)10-17-15-8-7-12(9-16)13-5-3-4-6-14(13)15/h3-8,11H,10H2,1-2H3. The van der Waals surface area contributed by atoms with Gasteiger partial charge in [-0.1, -0.05) is 38.1 Å². The number of nitrogens with zero attached hydrogens (tertiary/aromatic N) is 1. The summed E-state index contributed by atoms with van der Waals surface area (Å²) in [4.78, 5) is 1.27. The maximum absolute atomic E-state index is 9.09. The molecule has 0 amide bonds. The van der Waals surface area contributed by atoms with Gasteiger partial charge >= 0.3 is 0 Å². The van der Waals surface area contributed by atoms with Crippen molar-refractivity contribution in [1.82, 2.24) is 0 Å². The average molecular weight is 241 g/mol. The minimum Gasteiger partial charge on any atom is -0.192 e. The molecule has 1 nitrogen and oxygen atoms in total. The first-order valence-corrected chi connectivity index (χ1v) is 6.75. The maximum Gasteiger partial charge on any atom is 0.0998 e. The van der Waals surface area contributed by atoms with E-state index in [4.69, 9.17) is 5.26 Å². The molecule has 0 aliphatic rings. The Hall–Kier alpha value is -1.46. The van der Waals surface area contributed by atoms with E-state index in [1.165, 1.54) is 10.3 Å². The molecular weight excluding hydrogens is 226 g/mol. The predicted molar refractivity (Wildman–Crippen MR) is 74.2 cm³/mol. The lowest BCUT2D eigenvalue weighted by molar-refractivity contribution is 0.750. The summed E-state index contributed by atoms with van der Waals surface area (Å²) in [6.45, 7) is 4.44. The molecule has 2 aromatic rings. The van der Waals surface area contributed by atoms with Crippen LogP contribution in [0, 0.1) is 17.2 Å². The van der Waals surface area contributed by atoms with Gasteiger partial charge in [0.2, 0.25) is 0 Å². The van der Waals surface area contributed by atoms with Crippen LogP contribution in [0.3, 0.4) is 0 Å². The summed E-state index contributed by atoms with van der Waals surface area (Å²) in [5, 5.41) is 11.3. The predicted octanol–water partition coefficient (Wildman–Crippen LogP) is 4.46. The zero-order valence-electron chi connectivity index (χ0n) is 10.1. The van der Waals surface area contributed by atoms with Crippen molar-refractivity contribution in [2.45, 2.75) is 18.7 Å². The van der Waals surface area contributed by atoms with Gasteiger partial charge in [0.05, 0.1) is 11.6 Å². The van der Waals surface area contributed by atoms with Gasteiger partial charge in [0.25, 0.3) is 0 Å². The summed E-state index contributed by atoms with van der Waals surface area (Å²) < 4.78 is 0. The van der Waals surface area contributed by atoms with Crippen molar-refractivity contribution in [2.24, 2.45) is 5.92 Å². The van der Waals surface area contributed by atoms with Crippen LogP contribution in [0.2, 0.25) is 0 Å². The molecular formula is C15H15NS. The first kappa shape index (κ1) is 12.0. The molecule has 17 heavy (non-hydrogen) atoms. The van der Waals surface area contributed by atoms with Gasteiger partial charge in [-0.05, 0) is 23.4 Å². The Kier molecular flexibility index (Phi) is 3.71. The van der Waals surface area contributed by atoms with Gasteiger partial charge in [-0.3, -0.25) is 0 Å². The highest BCUT2D eigenvalue weighted by molar-refractivity contribution is 7.99. The van der Waals surface area contributed by atoms with Gasteiger partial charge in [-0.2, -0.15) is 5.26 Å². The number of thioether (sulfide) groups is 1. The number of fused-ring (bicyclic) bond motifs is 1. The van der Waals surface area contributed by atoms with Gasteiger partial charge in [-0.15, -0.1) is 11.8 Å². The number of rotatable bonds is 3. The molecule has 0 atom stereocenters. The quantitative estimate of drug-likeness (QED) is 0.741. The minimum atomic E-state index is 0.675. The van der Waals surface area contributed by atoms with Crippen LogP contribution in [-0.2, 0) is 0 Å². The summed E-state index contributed by atoms with van der Waals surface area (Å²) in [6.07, 6.45) is 0. The van der Waals surface area contributed by atoms with Crippen molar-refractivity contribution in [3.63, 3.8) is 0 Å². The molecule has 2 heteroatoms. The summed E-state index contributed by atoms with van der Waals surface area (Å²) in [5.74, 6) is 1.78. The Labute approximate surface area is 106 Å². The zero-order valence-corrected chi connectivity index (χ0v) is 10.9. The topological polar surface area (TPSA) is 23.8 Å². The van der Waals surface area contributed by atoms with Crippen LogP contribution in [-0.4, -0.2) is 5.75 Å². The third-order valence-electron chi connectivity index (χ3n) is 2.58. The third-order valence-corrected chi connectivity index (χ3v) is 4.08. The molecule has 0 fully saturated rings. The smallest absolute Gasteiger partial charge is 0.0998 e. The fraction of sp³-hybridized carbons (Fsp3) is 0.267. The van der Waals surface area contributed by atoms with E-state index in [1.807, 2.05) is 36.0 Å². The van der Waals surface area contributed by atoms with Crippen LogP contribution in [0.1, 0.15) is 19.4 Å². The molecule has 0 aliphatic carbocycles. The lowest BCUT2D eigenvalue weighted by atomic mass is 10.1. The van der Waals surface area contributed by atoms with E-state index < -0.39 is 0 Å². The first-order valence-electron chi connectivity index (χ1n) is 5.77. The second kappa shape index (κ2) is 5.25. The molecule has 0 unspecified atom stereocenters. The van der Waals surface area contributed by atoms with E-state index in [0.717, 1.165) is 16.7 Å². The fourth-order valence-corrected chi connectivity index (χ4v) is 2.76. The largest absolute Gasteiger partial charge is 0.192 e. The Morgan fingerprint density at radius 3 is 2.47 bits per heavy atom. The zero-order chi connectivity index (χ0) is 12.3. The van der Waals surface area contributed by atoms with Crippen molar-refractivity contribution in [3.05, 3.63) is 42.0 Å². The SMILES string of the molecule is CC(C)CSc1ccc(C#N)c2ccccc12. The molecule has 0 N–H and O–H groups in total. The van der Waals surface area contributed by atoms with Crippen molar-refractivity contribution in [1.29, 1.82) is 5.26 Å². The van der Waals surface area contributed by atoms with Crippen molar-refractivity contribution < 1.29 is 0 Å². The average Bonchev–Trinajstić information content (AvgIpc) is 2.35. The fourth-order valence-electron chi connectivity index (χ4n) is 1.75. The van der Waals surface area contributed by atoms with Crippen molar-refractivity contribution in [2.75, 3.05) is 5.75 Å². The van der Waals surface area contributed by atoms with Crippen molar-refractivity contribution in [3.8, 4) is 6.07 Å². The van der Waals surface area contributed by atoms with Crippen molar-refractivity contribution >= 4 is 22.5 Å². The molecule has 0 saturated heterocycles. The second-order valence-corrected chi connectivity index (χ2v) is 5.54. The molecule has 0 radical (unpaired) electrons. The van der Waals surface area contributed by atoms with Gasteiger partial charge in [-0.25, -0.2) is 0 Å². The van der Waals surface area contributed by atoms with Crippen LogP contribution in [0.4, 0.5) is 0 Å². The molecule has 2 aromatic carbocycles. The molecule has 0 aromatic heterocycles.